The maximum atomic E-state index is 11.5. The molecular weight excluding hydrogens is 210 g/mol. The summed E-state index contributed by atoms with van der Waals surface area (Å²) in [7, 11) is 0. The van der Waals surface area contributed by atoms with Gasteiger partial charge < -0.3 is 10.5 Å². The number of benzene rings is 1. The molecule has 0 bridgehead atoms. The Labute approximate surface area is 91.5 Å². The Hall–Kier alpha value is -1.55. The van der Waals surface area contributed by atoms with E-state index in [1.165, 1.54) is 11.3 Å². The van der Waals surface area contributed by atoms with E-state index in [4.69, 9.17) is 10.5 Å². The maximum Gasteiger partial charge on any atom is 0.348 e. The molecule has 3 nitrogen and oxygen atoms in total. The number of carbonyl (C=O) groups excluding carboxylic acids is 1. The van der Waals surface area contributed by atoms with Gasteiger partial charge in [0, 0.05) is 5.69 Å². The fourth-order valence-corrected chi connectivity index (χ4v) is 2.37. The zero-order valence-electron chi connectivity index (χ0n) is 8.32. The molecule has 0 spiro atoms. The molecule has 1 aromatic heterocycles. The van der Waals surface area contributed by atoms with E-state index in [2.05, 4.69) is 0 Å². The highest BCUT2D eigenvalue weighted by atomic mass is 32.1. The molecule has 15 heavy (non-hydrogen) atoms. The van der Waals surface area contributed by atoms with Crippen molar-refractivity contribution < 1.29 is 9.53 Å². The van der Waals surface area contributed by atoms with Crippen LogP contribution in [0.25, 0.3) is 10.1 Å². The minimum Gasteiger partial charge on any atom is -0.462 e. The molecule has 0 unspecified atom stereocenters. The summed E-state index contributed by atoms with van der Waals surface area (Å²) >= 11 is 1.37. The number of rotatable bonds is 2. The van der Waals surface area contributed by atoms with Crippen LogP contribution in [0.15, 0.2) is 24.3 Å². The predicted molar refractivity (Wildman–Crippen MR) is 62.2 cm³/mol. The van der Waals surface area contributed by atoms with E-state index < -0.39 is 0 Å². The van der Waals surface area contributed by atoms with Crippen molar-refractivity contribution in [3.05, 3.63) is 29.1 Å². The highest BCUT2D eigenvalue weighted by Crippen LogP contribution is 2.30. The van der Waals surface area contributed by atoms with Crippen molar-refractivity contribution in [1.29, 1.82) is 0 Å². The van der Waals surface area contributed by atoms with Gasteiger partial charge in [0.25, 0.3) is 0 Å². The van der Waals surface area contributed by atoms with Gasteiger partial charge >= 0.3 is 5.97 Å². The Balaban J connectivity index is 2.47. The summed E-state index contributed by atoms with van der Waals surface area (Å²) in [5.41, 5.74) is 6.50. The molecule has 1 aromatic carbocycles. The molecule has 0 aliphatic heterocycles. The van der Waals surface area contributed by atoms with Gasteiger partial charge in [-0.1, -0.05) is 12.1 Å². The van der Waals surface area contributed by atoms with Crippen molar-refractivity contribution in [3.63, 3.8) is 0 Å². The summed E-state index contributed by atoms with van der Waals surface area (Å²) in [6.45, 7) is 2.18. The van der Waals surface area contributed by atoms with Crippen molar-refractivity contribution in [2.45, 2.75) is 6.92 Å². The maximum absolute atomic E-state index is 11.5. The fraction of sp³-hybridized carbons (Fsp3) is 0.182. The topological polar surface area (TPSA) is 52.3 Å². The second kappa shape index (κ2) is 3.90. The molecular formula is C11H11NO2S. The molecule has 2 rings (SSSR count). The molecule has 2 N–H and O–H groups in total. The first-order valence-corrected chi connectivity index (χ1v) is 5.49. The Bertz CT molecular complexity index is 504. The second-order valence-corrected chi connectivity index (χ2v) is 4.15. The molecule has 1 heterocycles. The number of hydrogen-bond donors (Lipinski definition) is 1. The van der Waals surface area contributed by atoms with Crippen LogP contribution in [0.3, 0.4) is 0 Å². The highest BCUT2D eigenvalue weighted by Gasteiger charge is 2.11. The summed E-state index contributed by atoms with van der Waals surface area (Å²) in [6.07, 6.45) is 0. The smallest absolute Gasteiger partial charge is 0.348 e. The van der Waals surface area contributed by atoms with Crippen LogP contribution in [-0.2, 0) is 4.74 Å². The van der Waals surface area contributed by atoms with E-state index in [9.17, 15) is 4.79 Å². The first kappa shape index (κ1) is 9.98. The number of nitrogen functional groups attached to an aromatic ring is 1. The average Bonchev–Trinajstić information content (AvgIpc) is 2.63. The third-order valence-electron chi connectivity index (χ3n) is 2.05. The first-order chi connectivity index (χ1) is 7.22. The number of esters is 1. The molecule has 0 fully saturated rings. The van der Waals surface area contributed by atoms with Crippen LogP contribution >= 0.6 is 11.3 Å². The van der Waals surface area contributed by atoms with Crippen LogP contribution in [0.4, 0.5) is 5.69 Å². The summed E-state index contributed by atoms with van der Waals surface area (Å²) in [5, 5.41) is 0.989. The number of ether oxygens (including phenoxy) is 1. The van der Waals surface area contributed by atoms with E-state index in [0.717, 1.165) is 10.1 Å². The van der Waals surface area contributed by atoms with Gasteiger partial charge in [0.2, 0.25) is 0 Å². The Kier molecular flexibility index (Phi) is 2.60. The first-order valence-electron chi connectivity index (χ1n) is 4.67. The fourth-order valence-electron chi connectivity index (χ4n) is 1.39. The third-order valence-corrected chi connectivity index (χ3v) is 3.23. The Morgan fingerprint density at radius 2 is 2.33 bits per heavy atom. The van der Waals surface area contributed by atoms with Gasteiger partial charge in [-0.25, -0.2) is 4.79 Å². The van der Waals surface area contributed by atoms with Crippen LogP contribution in [0.1, 0.15) is 16.6 Å². The number of carbonyl (C=O) groups is 1. The van der Waals surface area contributed by atoms with E-state index in [1.807, 2.05) is 24.3 Å². The van der Waals surface area contributed by atoms with Gasteiger partial charge in [-0.05, 0) is 24.4 Å². The number of thiophene rings is 1. The number of anilines is 1. The van der Waals surface area contributed by atoms with Gasteiger partial charge in [-0.3, -0.25) is 0 Å². The van der Waals surface area contributed by atoms with E-state index in [1.54, 1.807) is 6.92 Å². The quantitative estimate of drug-likeness (QED) is 0.626. The molecule has 4 heteroatoms. The van der Waals surface area contributed by atoms with Gasteiger partial charge in [0.15, 0.2) is 0 Å². The lowest BCUT2D eigenvalue weighted by Crippen LogP contribution is -2.01. The lowest BCUT2D eigenvalue weighted by molar-refractivity contribution is 0.0532. The van der Waals surface area contributed by atoms with E-state index in [-0.39, 0.29) is 5.97 Å². The lowest BCUT2D eigenvalue weighted by Gasteiger charge is -1.96. The Morgan fingerprint density at radius 1 is 1.53 bits per heavy atom. The molecule has 78 valence electrons. The van der Waals surface area contributed by atoms with Crippen LogP contribution in [-0.4, -0.2) is 12.6 Å². The Morgan fingerprint density at radius 3 is 3.00 bits per heavy atom. The van der Waals surface area contributed by atoms with Crippen molar-refractivity contribution in [2.75, 3.05) is 12.3 Å². The summed E-state index contributed by atoms with van der Waals surface area (Å²) in [5.74, 6) is -0.280. The molecule has 0 aliphatic carbocycles. The minimum atomic E-state index is -0.280. The molecule has 2 aromatic rings. The second-order valence-electron chi connectivity index (χ2n) is 3.10. The van der Waals surface area contributed by atoms with Crippen molar-refractivity contribution in [3.8, 4) is 0 Å². The number of nitrogens with two attached hydrogens (primary N) is 1. The van der Waals surface area contributed by atoms with Crippen molar-refractivity contribution >= 4 is 33.1 Å². The molecule has 0 saturated carbocycles. The minimum absolute atomic E-state index is 0.280. The van der Waals surface area contributed by atoms with Gasteiger partial charge in [0.05, 0.1) is 11.3 Å². The molecule has 0 aliphatic rings. The third kappa shape index (κ3) is 1.80. The van der Waals surface area contributed by atoms with Gasteiger partial charge in [-0.15, -0.1) is 11.3 Å². The lowest BCUT2D eigenvalue weighted by atomic mass is 10.2. The number of hydrogen-bond acceptors (Lipinski definition) is 4. The average molecular weight is 221 g/mol. The van der Waals surface area contributed by atoms with Crippen LogP contribution in [0, 0.1) is 0 Å². The van der Waals surface area contributed by atoms with Crippen LogP contribution in [0.5, 0.6) is 0 Å². The zero-order valence-corrected chi connectivity index (χ0v) is 9.14. The number of fused-ring (bicyclic) bond motifs is 1. The molecule has 0 amide bonds. The van der Waals surface area contributed by atoms with Crippen molar-refractivity contribution in [1.82, 2.24) is 0 Å². The monoisotopic (exact) mass is 221 g/mol. The summed E-state index contributed by atoms with van der Waals surface area (Å²) in [4.78, 5) is 12.1. The predicted octanol–water partition coefficient (Wildman–Crippen LogP) is 2.66. The summed E-state index contributed by atoms with van der Waals surface area (Å²) in [6, 6.07) is 7.45. The van der Waals surface area contributed by atoms with E-state index in [0.29, 0.717) is 17.2 Å². The van der Waals surface area contributed by atoms with Crippen LogP contribution < -0.4 is 5.73 Å². The van der Waals surface area contributed by atoms with Crippen LogP contribution in [0.2, 0.25) is 0 Å². The highest BCUT2D eigenvalue weighted by molar-refractivity contribution is 7.21. The standard InChI is InChI=1S/C11H11NO2S/c1-2-14-11(13)9-6-7-4-3-5-8(12)10(7)15-9/h3-6H,2,12H2,1H3. The molecule has 0 saturated heterocycles. The SMILES string of the molecule is CCOC(=O)c1cc2cccc(N)c2s1. The van der Waals surface area contributed by atoms with Gasteiger partial charge in [0.1, 0.15) is 4.88 Å². The normalized spacial score (nSPS) is 10.5. The van der Waals surface area contributed by atoms with Crippen molar-refractivity contribution in [2.24, 2.45) is 0 Å². The summed E-state index contributed by atoms with van der Waals surface area (Å²) < 4.78 is 5.87. The van der Waals surface area contributed by atoms with Gasteiger partial charge in [-0.2, -0.15) is 0 Å². The molecule has 0 radical (unpaired) electrons. The van der Waals surface area contributed by atoms with E-state index >= 15 is 0 Å². The largest absolute Gasteiger partial charge is 0.462 e. The zero-order chi connectivity index (χ0) is 10.8. The molecule has 0 atom stereocenters.